The van der Waals surface area contributed by atoms with E-state index in [1.54, 1.807) is 18.2 Å². The van der Waals surface area contributed by atoms with Gasteiger partial charge in [0, 0.05) is 25.1 Å². The van der Waals surface area contributed by atoms with Crippen LogP contribution in [0.25, 0.3) is 0 Å². The quantitative estimate of drug-likeness (QED) is 0.845. The van der Waals surface area contributed by atoms with Crippen LogP contribution in [-0.4, -0.2) is 38.5 Å². The number of aliphatic hydroxyl groups is 1. The maximum atomic E-state index is 11.4. The third kappa shape index (κ3) is 4.36. The van der Waals surface area contributed by atoms with Crippen LogP contribution in [0.4, 0.5) is 0 Å². The van der Waals surface area contributed by atoms with Crippen LogP contribution in [0.2, 0.25) is 0 Å². The molecular weight excluding hydrogens is 308 g/mol. The van der Waals surface area contributed by atoms with E-state index in [-0.39, 0.29) is 6.54 Å². The zero-order valence-corrected chi connectivity index (χ0v) is 12.0. The van der Waals surface area contributed by atoms with Gasteiger partial charge < -0.3 is 5.11 Å². The Morgan fingerprint density at radius 2 is 2.12 bits per heavy atom. The topological polar surface area (TPSA) is 69.6 Å². The Morgan fingerprint density at radius 3 is 2.65 bits per heavy atom. The Balaban J connectivity index is 2.65. The molecule has 0 bridgehead atoms. The standard InChI is InChI=1S/C10H15BrN2O3S/c1-13(2)17(15,16)12-7-10(14)8-4-3-5-9(11)6-8/h3-6,10,12,14H,7H2,1-2H3/t10-/m0/s1. The van der Waals surface area contributed by atoms with Gasteiger partial charge in [-0.05, 0) is 17.7 Å². The van der Waals surface area contributed by atoms with Crippen LogP contribution in [0.3, 0.4) is 0 Å². The van der Waals surface area contributed by atoms with Crippen molar-refractivity contribution in [2.24, 2.45) is 0 Å². The first-order valence-corrected chi connectivity index (χ1v) is 7.17. The van der Waals surface area contributed by atoms with E-state index in [4.69, 9.17) is 0 Å². The van der Waals surface area contributed by atoms with Crippen molar-refractivity contribution in [1.29, 1.82) is 0 Å². The molecule has 0 spiro atoms. The number of nitrogens with zero attached hydrogens (tertiary/aromatic N) is 1. The van der Waals surface area contributed by atoms with E-state index in [1.807, 2.05) is 6.07 Å². The van der Waals surface area contributed by atoms with Crippen LogP contribution < -0.4 is 4.72 Å². The zero-order chi connectivity index (χ0) is 13.1. The van der Waals surface area contributed by atoms with Gasteiger partial charge in [-0.1, -0.05) is 28.1 Å². The maximum absolute atomic E-state index is 11.4. The summed E-state index contributed by atoms with van der Waals surface area (Å²) >= 11 is 3.29. The number of nitrogens with one attached hydrogen (secondary N) is 1. The molecule has 0 radical (unpaired) electrons. The fourth-order valence-corrected chi connectivity index (χ4v) is 2.19. The average Bonchev–Trinajstić information content (AvgIpc) is 2.25. The first-order chi connectivity index (χ1) is 7.83. The summed E-state index contributed by atoms with van der Waals surface area (Å²) in [6.45, 7) is -0.0586. The minimum absolute atomic E-state index is 0.0586. The monoisotopic (exact) mass is 322 g/mol. The lowest BCUT2D eigenvalue weighted by atomic mass is 10.1. The molecule has 7 heteroatoms. The minimum Gasteiger partial charge on any atom is -0.387 e. The Hall–Kier alpha value is -0.470. The van der Waals surface area contributed by atoms with E-state index in [1.165, 1.54) is 14.1 Å². The lowest BCUT2D eigenvalue weighted by Gasteiger charge is -2.15. The van der Waals surface area contributed by atoms with Crippen molar-refractivity contribution in [3.05, 3.63) is 34.3 Å². The summed E-state index contributed by atoms with van der Waals surface area (Å²) in [5.74, 6) is 0. The summed E-state index contributed by atoms with van der Waals surface area (Å²) in [4.78, 5) is 0. The molecule has 0 aliphatic heterocycles. The smallest absolute Gasteiger partial charge is 0.279 e. The van der Waals surface area contributed by atoms with E-state index in [2.05, 4.69) is 20.7 Å². The molecule has 5 nitrogen and oxygen atoms in total. The molecule has 0 aliphatic rings. The minimum atomic E-state index is -3.50. The van der Waals surface area contributed by atoms with Crippen LogP contribution in [0.15, 0.2) is 28.7 Å². The summed E-state index contributed by atoms with van der Waals surface area (Å²) in [5, 5.41) is 9.82. The molecule has 0 aliphatic carbocycles. The van der Waals surface area contributed by atoms with E-state index in [9.17, 15) is 13.5 Å². The highest BCUT2D eigenvalue weighted by molar-refractivity contribution is 9.10. The van der Waals surface area contributed by atoms with E-state index in [0.29, 0.717) is 5.56 Å². The molecule has 0 unspecified atom stereocenters. The first kappa shape index (κ1) is 14.6. The third-order valence-electron chi connectivity index (χ3n) is 2.17. The highest BCUT2D eigenvalue weighted by atomic mass is 79.9. The highest BCUT2D eigenvalue weighted by Gasteiger charge is 2.16. The SMILES string of the molecule is CN(C)S(=O)(=O)NC[C@H](O)c1cccc(Br)c1. The molecular formula is C10H15BrN2O3S. The molecule has 96 valence electrons. The number of halogens is 1. The lowest BCUT2D eigenvalue weighted by Crippen LogP contribution is -2.37. The van der Waals surface area contributed by atoms with Crippen LogP contribution in [0.5, 0.6) is 0 Å². The van der Waals surface area contributed by atoms with Gasteiger partial charge in [0.1, 0.15) is 0 Å². The largest absolute Gasteiger partial charge is 0.387 e. The predicted molar refractivity (Wildman–Crippen MR) is 69.7 cm³/mol. The number of hydrogen-bond acceptors (Lipinski definition) is 3. The van der Waals surface area contributed by atoms with E-state index in [0.717, 1.165) is 8.78 Å². The van der Waals surface area contributed by atoms with Crippen LogP contribution >= 0.6 is 15.9 Å². The van der Waals surface area contributed by atoms with Crippen molar-refractivity contribution in [3.8, 4) is 0 Å². The van der Waals surface area contributed by atoms with Crippen molar-refractivity contribution in [2.75, 3.05) is 20.6 Å². The molecule has 0 aromatic heterocycles. The molecule has 17 heavy (non-hydrogen) atoms. The average molecular weight is 323 g/mol. The summed E-state index contributed by atoms with van der Waals surface area (Å²) in [6, 6.07) is 7.09. The van der Waals surface area contributed by atoms with Gasteiger partial charge in [0.05, 0.1) is 6.10 Å². The fourth-order valence-electron chi connectivity index (χ4n) is 1.15. The second-order valence-corrected chi connectivity index (χ2v) is 6.59. The zero-order valence-electron chi connectivity index (χ0n) is 9.59. The molecule has 0 amide bonds. The molecule has 1 atom stereocenters. The summed E-state index contributed by atoms with van der Waals surface area (Å²) < 4.78 is 27.1. The Labute approximate surface area is 110 Å². The van der Waals surface area contributed by atoms with Gasteiger partial charge in [-0.25, -0.2) is 0 Å². The van der Waals surface area contributed by atoms with Gasteiger partial charge in [-0.2, -0.15) is 17.4 Å². The molecule has 2 N–H and O–H groups in total. The molecule has 1 rings (SSSR count). The highest BCUT2D eigenvalue weighted by Crippen LogP contribution is 2.17. The molecule has 0 saturated carbocycles. The van der Waals surface area contributed by atoms with Crippen LogP contribution in [0, 0.1) is 0 Å². The second-order valence-electron chi connectivity index (χ2n) is 3.71. The van der Waals surface area contributed by atoms with Crippen molar-refractivity contribution < 1.29 is 13.5 Å². The van der Waals surface area contributed by atoms with Gasteiger partial charge >= 0.3 is 0 Å². The van der Waals surface area contributed by atoms with Gasteiger partial charge in [-0.3, -0.25) is 0 Å². The van der Waals surface area contributed by atoms with E-state index < -0.39 is 16.3 Å². The van der Waals surface area contributed by atoms with E-state index >= 15 is 0 Å². The van der Waals surface area contributed by atoms with Crippen molar-refractivity contribution in [1.82, 2.24) is 9.03 Å². The normalized spacial score (nSPS) is 13.9. The van der Waals surface area contributed by atoms with Crippen molar-refractivity contribution in [3.63, 3.8) is 0 Å². The molecule has 1 aromatic carbocycles. The summed E-state index contributed by atoms with van der Waals surface area (Å²) in [6.07, 6.45) is -0.873. The van der Waals surface area contributed by atoms with Gasteiger partial charge in [0.15, 0.2) is 0 Å². The summed E-state index contributed by atoms with van der Waals surface area (Å²) in [5.41, 5.74) is 0.654. The van der Waals surface area contributed by atoms with Crippen LogP contribution in [-0.2, 0) is 10.2 Å². The Bertz CT molecular complexity index is 476. The van der Waals surface area contributed by atoms with Gasteiger partial charge in [0.25, 0.3) is 10.2 Å². The molecule has 0 fully saturated rings. The van der Waals surface area contributed by atoms with Crippen LogP contribution in [0.1, 0.15) is 11.7 Å². The summed E-state index contributed by atoms with van der Waals surface area (Å²) in [7, 11) is -0.651. The second kappa shape index (κ2) is 5.92. The van der Waals surface area contributed by atoms with Crippen molar-refractivity contribution in [2.45, 2.75) is 6.10 Å². The van der Waals surface area contributed by atoms with Gasteiger partial charge in [0.2, 0.25) is 0 Å². The molecule has 0 saturated heterocycles. The number of rotatable bonds is 5. The third-order valence-corrected chi connectivity index (χ3v) is 4.16. The van der Waals surface area contributed by atoms with Crippen molar-refractivity contribution >= 4 is 26.1 Å². The Morgan fingerprint density at radius 1 is 1.47 bits per heavy atom. The number of benzene rings is 1. The lowest BCUT2D eigenvalue weighted by molar-refractivity contribution is 0.181. The fraction of sp³-hybridized carbons (Fsp3) is 0.400. The first-order valence-electron chi connectivity index (χ1n) is 4.93. The maximum Gasteiger partial charge on any atom is 0.279 e. The predicted octanol–water partition coefficient (Wildman–Crippen LogP) is 0.879. The number of hydrogen-bond donors (Lipinski definition) is 2. The van der Waals surface area contributed by atoms with Gasteiger partial charge in [-0.15, -0.1) is 0 Å². The molecule has 0 heterocycles. The Kier molecular flexibility index (Phi) is 5.08. The molecule has 1 aromatic rings. The number of aliphatic hydroxyl groups excluding tert-OH is 1.